The Bertz CT molecular complexity index is 538. The van der Waals surface area contributed by atoms with E-state index in [0.29, 0.717) is 6.61 Å². The highest BCUT2D eigenvalue weighted by atomic mass is 79.9. The van der Waals surface area contributed by atoms with Crippen LogP contribution in [0.5, 0.6) is 5.75 Å². The lowest BCUT2D eigenvalue weighted by atomic mass is 10.1. The summed E-state index contributed by atoms with van der Waals surface area (Å²) >= 11 is 7.02. The van der Waals surface area contributed by atoms with Gasteiger partial charge in [0.1, 0.15) is 12.4 Å². The number of benzene rings is 2. The molecule has 0 saturated heterocycles. The average molecular weight is 370 g/mol. The van der Waals surface area contributed by atoms with Gasteiger partial charge in [0, 0.05) is 20.9 Å². The summed E-state index contributed by atoms with van der Waals surface area (Å²) in [5.74, 6) is 0.938. The normalized spacial score (nSPS) is 10.4. The van der Waals surface area contributed by atoms with Crippen LogP contribution in [-0.2, 0) is 11.9 Å². The van der Waals surface area contributed by atoms with E-state index in [-0.39, 0.29) is 0 Å². The van der Waals surface area contributed by atoms with Gasteiger partial charge in [0.15, 0.2) is 0 Å². The van der Waals surface area contributed by atoms with E-state index < -0.39 is 0 Å². The first-order valence-electron chi connectivity index (χ1n) is 5.72. The predicted molar refractivity (Wildman–Crippen MR) is 82.3 cm³/mol. The van der Waals surface area contributed by atoms with Crippen LogP contribution in [0.25, 0.3) is 0 Å². The van der Waals surface area contributed by atoms with Crippen LogP contribution in [0.15, 0.2) is 46.9 Å². The van der Waals surface area contributed by atoms with Crippen LogP contribution in [0, 0.1) is 6.92 Å². The topological polar surface area (TPSA) is 9.23 Å². The Kier molecular flexibility index (Phi) is 4.84. The number of halogens is 2. The third-order valence-corrected chi connectivity index (χ3v) is 4.08. The van der Waals surface area contributed by atoms with Crippen LogP contribution in [0.1, 0.15) is 16.7 Å². The summed E-state index contributed by atoms with van der Waals surface area (Å²) < 4.78 is 6.97. The number of aryl methyl sites for hydroxylation is 1. The fraction of sp³-hybridized carbons (Fsp3) is 0.200. The summed E-state index contributed by atoms with van der Waals surface area (Å²) in [7, 11) is 0. The minimum Gasteiger partial charge on any atom is -0.489 e. The molecule has 3 heteroatoms. The van der Waals surface area contributed by atoms with Gasteiger partial charge in [-0.1, -0.05) is 67.8 Å². The van der Waals surface area contributed by atoms with Crippen molar-refractivity contribution in [2.24, 2.45) is 0 Å². The first kappa shape index (κ1) is 13.6. The molecule has 2 rings (SSSR count). The zero-order valence-corrected chi connectivity index (χ0v) is 13.3. The summed E-state index contributed by atoms with van der Waals surface area (Å²) in [4.78, 5) is 0. The molecule has 0 saturated carbocycles. The van der Waals surface area contributed by atoms with Crippen molar-refractivity contribution in [1.82, 2.24) is 0 Å². The molecule has 0 amide bonds. The number of alkyl halides is 1. The van der Waals surface area contributed by atoms with E-state index in [9.17, 15) is 0 Å². The quantitative estimate of drug-likeness (QED) is 0.670. The van der Waals surface area contributed by atoms with E-state index in [1.165, 1.54) is 11.1 Å². The molecule has 94 valence electrons. The molecule has 0 heterocycles. The van der Waals surface area contributed by atoms with Crippen LogP contribution in [0.2, 0.25) is 0 Å². The first-order valence-corrected chi connectivity index (χ1v) is 7.64. The van der Waals surface area contributed by atoms with Gasteiger partial charge in [-0.2, -0.15) is 0 Å². The van der Waals surface area contributed by atoms with E-state index in [1.807, 2.05) is 24.3 Å². The highest BCUT2D eigenvalue weighted by molar-refractivity contribution is 9.10. The van der Waals surface area contributed by atoms with Crippen LogP contribution < -0.4 is 4.74 Å². The molecule has 0 radical (unpaired) electrons. The van der Waals surface area contributed by atoms with Crippen molar-refractivity contribution in [2.75, 3.05) is 0 Å². The molecule has 0 aromatic heterocycles. The van der Waals surface area contributed by atoms with Crippen LogP contribution in [0.3, 0.4) is 0 Å². The van der Waals surface area contributed by atoms with Gasteiger partial charge >= 0.3 is 0 Å². The molecule has 0 spiro atoms. The average Bonchev–Trinajstić information content (AvgIpc) is 2.39. The van der Waals surface area contributed by atoms with E-state index in [4.69, 9.17) is 4.74 Å². The predicted octanol–water partition coefficient (Wildman–Crippen LogP) is 5.23. The highest BCUT2D eigenvalue weighted by Gasteiger charge is 2.04. The summed E-state index contributed by atoms with van der Waals surface area (Å²) in [5, 5.41) is 0.806. The van der Waals surface area contributed by atoms with Crippen molar-refractivity contribution in [2.45, 2.75) is 18.9 Å². The second-order valence-corrected chi connectivity index (χ2v) is 5.54. The van der Waals surface area contributed by atoms with E-state index >= 15 is 0 Å². The molecule has 0 fully saturated rings. The minimum atomic E-state index is 0.574. The second-order valence-electron chi connectivity index (χ2n) is 4.12. The minimum absolute atomic E-state index is 0.574. The van der Waals surface area contributed by atoms with Gasteiger partial charge in [0.2, 0.25) is 0 Å². The third-order valence-electron chi connectivity index (χ3n) is 2.70. The molecule has 0 N–H and O–H groups in total. The van der Waals surface area contributed by atoms with Crippen molar-refractivity contribution >= 4 is 31.9 Å². The maximum Gasteiger partial charge on any atom is 0.123 e. The molecule has 18 heavy (non-hydrogen) atoms. The van der Waals surface area contributed by atoms with E-state index in [0.717, 1.165) is 21.1 Å². The highest BCUT2D eigenvalue weighted by Crippen LogP contribution is 2.25. The Balaban J connectivity index is 2.13. The third kappa shape index (κ3) is 3.36. The second kappa shape index (κ2) is 6.39. The van der Waals surface area contributed by atoms with Crippen LogP contribution in [0.4, 0.5) is 0 Å². The maximum absolute atomic E-state index is 5.89. The van der Waals surface area contributed by atoms with Crippen molar-refractivity contribution in [3.63, 3.8) is 0 Å². The van der Waals surface area contributed by atoms with E-state index in [1.54, 1.807) is 0 Å². The zero-order valence-electron chi connectivity index (χ0n) is 10.1. The molecule has 0 atom stereocenters. The number of hydrogen-bond acceptors (Lipinski definition) is 1. The SMILES string of the molecule is Cc1ccc(OCc2ccccc2Br)c(CBr)c1. The monoisotopic (exact) mass is 368 g/mol. The van der Waals surface area contributed by atoms with Crippen molar-refractivity contribution in [1.29, 1.82) is 0 Å². The standard InChI is InChI=1S/C15H14Br2O/c1-11-6-7-15(13(8-11)9-16)18-10-12-4-2-3-5-14(12)17/h2-8H,9-10H2,1H3. The first-order chi connectivity index (χ1) is 8.70. The molecular weight excluding hydrogens is 356 g/mol. The Morgan fingerprint density at radius 2 is 1.83 bits per heavy atom. The van der Waals surface area contributed by atoms with Crippen molar-refractivity contribution in [3.8, 4) is 5.75 Å². The number of ether oxygens (including phenoxy) is 1. The Morgan fingerprint density at radius 1 is 1.06 bits per heavy atom. The largest absolute Gasteiger partial charge is 0.489 e. The summed E-state index contributed by atoms with van der Waals surface area (Å²) in [6.07, 6.45) is 0. The fourth-order valence-corrected chi connectivity index (χ4v) is 2.56. The number of rotatable bonds is 4. The van der Waals surface area contributed by atoms with Gasteiger partial charge in [-0.25, -0.2) is 0 Å². The lowest BCUT2D eigenvalue weighted by Crippen LogP contribution is -1.98. The van der Waals surface area contributed by atoms with Crippen LogP contribution in [-0.4, -0.2) is 0 Å². The van der Waals surface area contributed by atoms with E-state index in [2.05, 4.69) is 57.0 Å². The maximum atomic E-state index is 5.89. The molecule has 0 aliphatic heterocycles. The van der Waals surface area contributed by atoms with Gasteiger partial charge in [-0.3, -0.25) is 0 Å². The lowest BCUT2D eigenvalue weighted by molar-refractivity contribution is 0.303. The molecule has 2 aromatic carbocycles. The Labute approximate surface area is 124 Å². The number of hydrogen-bond donors (Lipinski definition) is 0. The molecule has 2 aromatic rings. The molecule has 0 aliphatic carbocycles. The van der Waals surface area contributed by atoms with Gasteiger partial charge in [-0.05, 0) is 19.1 Å². The molecule has 0 aliphatic rings. The summed E-state index contributed by atoms with van der Waals surface area (Å²) in [6.45, 7) is 2.66. The van der Waals surface area contributed by atoms with Crippen molar-refractivity contribution < 1.29 is 4.74 Å². The van der Waals surface area contributed by atoms with Gasteiger partial charge < -0.3 is 4.74 Å². The molecule has 0 bridgehead atoms. The molecular formula is C15H14Br2O. The smallest absolute Gasteiger partial charge is 0.123 e. The summed E-state index contributed by atoms with van der Waals surface area (Å²) in [5.41, 5.74) is 3.58. The van der Waals surface area contributed by atoms with Crippen molar-refractivity contribution in [3.05, 3.63) is 63.6 Å². The van der Waals surface area contributed by atoms with Gasteiger partial charge in [0.05, 0.1) is 0 Å². The summed E-state index contributed by atoms with van der Waals surface area (Å²) in [6, 6.07) is 14.4. The lowest BCUT2D eigenvalue weighted by Gasteiger charge is -2.11. The van der Waals surface area contributed by atoms with Crippen LogP contribution >= 0.6 is 31.9 Å². The van der Waals surface area contributed by atoms with Gasteiger partial charge in [0.25, 0.3) is 0 Å². The van der Waals surface area contributed by atoms with Gasteiger partial charge in [-0.15, -0.1) is 0 Å². The molecule has 0 unspecified atom stereocenters. The zero-order chi connectivity index (χ0) is 13.0. The Morgan fingerprint density at radius 3 is 2.56 bits per heavy atom. The Hall–Kier alpha value is -0.800. The fourth-order valence-electron chi connectivity index (χ4n) is 1.72. The molecule has 1 nitrogen and oxygen atoms in total.